The summed E-state index contributed by atoms with van der Waals surface area (Å²) in [6, 6.07) is 3.38. The van der Waals surface area contributed by atoms with E-state index in [0.717, 1.165) is 4.88 Å². The van der Waals surface area contributed by atoms with E-state index in [9.17, 15) is 8.42 Å². The summed E-state index contributed by atoms with van der Waals surface area (Å²) in [5.41, 5.74) is 5.44. The highest BCUT2D eigenvalue weighted by Gasteiger charge is 2.18. The second kappa shape index (κ2) is 7.93. The third kappa shape index (κ3) is 5.17. The van der Waals surface area contributed by atoms with E-state index in [-0.39, 0.29) is 12.6 Å². The zero-order valence-electron chi connectivity index (χ0n) is 11.1. The summed E-state index contributed by atoms with van der Waals surface area (Å²) in [5.74, 6) is 0. The zero-order valence-corrected chi connectivity index (χ0v) is 12.7. The Balaban J connectivity index is 2.64. The van der Waals surface area contributed by atoms with Gasteiger partial charge in [-0.05, 0) is 25.1 Å². The largest absolute Gasteiger partial charge is 0.382 e. The van der Waals surface area contributed by atoms with Crippen molar-refractivity contribution in [2.45, 2.75) is 16.7 Å². The molecule has 0 aliphatic rings. The van der Waals surface area contributed by atoms with Crippen molar-refractivity contribution in [2.24, 2.45) is 5.73 Å². The van der Waals surface area contributed by atoms with Crippen LogP contribution in [0.5, 0.6) is 0 Å². The SMILES string of the molecule is COCC(CNS(=O)(=O)c1ccc(CCN)s1)OC. The fourth-order valence-electron chi connectivity index (χ4n) is 1.45. The molecule has 1 atom stereocenters. The van der Waals surface area contributed by atoms with E-state index in [1.165, 1.54) is 18.4 Å². The van der Waals surface area contributed by atoms with Gasteiger partial charge in [-0.2, -0.15) is 0 Å². The van der Waals surface area contributed by atoms with Crippen LogP contribution in [0.25, 0.3) is 0 Å². The lowest BCUT2D eigenvalue weighted by Crippen LogP contribution is -2.35. The standard InChI is InChI=1S/C11H20N2O4S2/c1-16-8-9(17-2)7-13-19(14,15)11-4-3-10(18-11)5-6-12/h3-4,9,13H,5-8,12H2,1-2H3. The summed E-state index contributed by atoms with van der Waals surface area (Å²) in [7, 11) is -0.432. The molecule has 0 saturated carbocycles. The van der Waals surface area contributed by atoms with E-state index in [2.05, 4.69) is 4.72 Å². The maximum Gasteiger partial charge on any atom is 0.250 e. The Bertz CT molecular complexity index is 473. The van der Waals surface area contributed by atoms with E-state index >= 15 is 0 Å². The third-order valence-corrected chi connectivity index (χ3v) is 5.54. The topological polar surface area (TPSA) is 90.7 Å². The van der Waals surface area contributed by atoms with Crippen molar-refractivity contribution < 1.29 is 17.9 Å². The maximum atomic E-state index is 12.0. The van der Waals surface area contributed by atoms with Crippen molar-refractivity contribution in [2.75, 3.05) is 33.9 Å². The van der Waals surface area contributed by atoms with Gasteiger partial charge in [0, 0.05) is 25.6 Å². The molecule has 1 heterocycles. The molecule has 0 aromatic carbocycles. The molecule has 0 aliphatic carbocycles. The van der Waals surface area contributed by atoms with Crippen LogP contribution in [0.15, 0.2) is 16.3 Å². The highest BCUT2D eigenvalue weighted by Crippen LogP contribution is 2.21. The first kappa shape index (κ1) is 16.5. The molecular formula is C11H20N2O4S2. The van der Waals surface area contributed by atoms with Crippen molar-refractivity contribution in [3.05, 3.63) is 17.0 Å². The van der Waals surface area contributed by atoms with Crippen LogP contribution in [0.3, 0.4) is 0 Å². The maximum absolute atomic E-state index is 12.0. The first-order valence-corrected chi connectivity index (χ1v) is 8.13. The van der Waals surface area contributed by atoms with Gasteiger partial charge in [-0.1, -0.05) is 0 Å². The molecule has 1 aromatic heterocycles. The molecule has 0 fully saturated rings. The summed E-state index contributed by atoms with van der Waals surface area (Å²) >= 11 is 1.23. The number of rotatable bonds is 9. The zero-order chi connectivity index (χ0) is 14.3. The van der Waals surface area contributed by atoms with Crippen LogP contribution in [0.2, 0.25) is 0 Å². The van der Waals surface area contributed by atoms with Gasteiger partial charge in [0.05, 0.1) is 12.7 Å². The van der Waals surface area contributed by atoms with E-state index in [1.807, 2.05) is 0 Å². The normalized spacial score (nSPS) is 13.6. The summed E-state index contributed by atoms with van der Waals surface area (Å²) in [5, 5.41) is 0. The average Bonchev–Trinajstić information content (AvgIpc) is 2.84. The lowest BCUT2D eigenvalue weighted by Gasteiger charge is -2.14. The minimum atomic E-state index is -3.49. The van der Waals surface area contributed by atoms with Crippen molar-refractivity contribution in [1.82, 2.24) is 4.72 Å². The summed E-state index contributed by atoms with van der Waals surface area (Å²) in [6.45, 7) is 1.02. The highest BCUT2D eigenvalue weighted by atomic mass is 32.2. The van der Waals surface area contributed by atoms with Gasteiger partial charge in [0.2, 0.25) is 10.0 Å². The lowest BCUT2D eigenvalue weighted by molar-refractivity contribution is 0.0320. The highest BCUT2D eigenvalue weighted by molar-refractivity contribution is 7.91. The number of nitrogens with one attached hydrogen (secondary N) is 1. The molecule has 1 unspecified atom stereocenters. The Kier molecular flexibility index (Phi) is 6.90. The first-order valence-electron chi connectivity index (χ1n) is 5.83. The molecule has 6 nitrogen and oxygen atoms in total. The fraction of sp³-hybridized carbons (Fsp3) is 0.636. The molecule has 0 aliphatic heterocycles. The smallest absolute Gasteiger partial charge is 0.250 e. The second-order valence-electron chi connectivity index (χ2n) is 3.92. The monoisotopic (exact) mass is 308 g/mol. The average molecular weight is 308 g/mol. The molecule has 110 valence electrons. The molecular weight excluding hydrogens is 288 g/mol. The van der Waals surface area contributed by atoms with Gasteiger partial charge in [-0.3, -0.25) is 0 Å². The molecule has 8 heteroatoms. The molecule has 0 bridgehead atoms. The van der Waals surface area contributed by atoms with Gasteiger partial charge in [0.15, 0.2) is 0 Å². The molecule has 0 amide bonds. The summed E-state index contributed by atoms with van der Waals surface area (Å²) < 4.78 is 36.9. The first-order chi connectivity index (χ1) is 9.03. The van der Waals surface area contributed by atoms with Crippen molar-refractivity contribution in [3.8, 4) is 0 Å². The number of ether oxygens (including phenoxy) is 2. The Morgan fingerprint density at radius 1 is 1.42 bits per heavy atom. The Morgan fingerprint density at radius 3 is 2.74 bits per heavy atom. The molecule has 3 N–H and O–H groups in total. The van der Waals surface area contributed by atoms with Crippen LogP contribution < -0.4 is 10.5 Å². The number of thiophene rings is 1. The van der Waals surface area contributed by atoms with Gasteiger partial charge >= 0.3 is 0 Å². The van der Waals surface area contributed by atoms with Gasteiger partial charge in [-0.25, -0.2) is 13.1 Å². The van der Waals surface area contributed by atoms with E-state index in [4.69, 9.17) is 15.2 Å². The van der Waals surface area contributed by atoms with Gasteiger partial charge in [-0.15, -0.1) is 11.3 Å². The third-order valence-electron chi connectivity index (χ3n) is 2.48. The Morgan fingerprint density at radius 2 is 2.16 bits per heavy atom. The van der Waals surface area contributed by atoms with Crippen LogP contribution >= 0.6 is 11.3 Å². The minimum absolute atomic E-state index is 0.177. The van der Waals surface area contributed by atoms with Crippen LogP contribution in [0, 0.1) is 0 Å². The van der Waals surface area contributed by atoms with Crippen LogP contribution in [0.4, 0.5) is 0 Å². The van der Waals surface area contributed by atoms with Gasteiger partial charge in [0.1, 0.15) is 4.21 Å². The minimum Gasteiger partial charge on any atom is -0.382 e. The summed E-state index contributed by atoms with van der Waals surface area (Å²) in [6.07, 6.45) is 0.383. The predicted octanol–water partition coefficient (Wildman–Crippen LogP) is 0.189. The van der Waals surface area contributed by atoms with E-state index in [1.54, 1.807) is 19.2 Å². The van der Waals surface area contributed by atoms with E-state index in [0.29, 0.717) is 23.8 Å². The second-order valence-corrected chi connectivity index (χ2v) is 7.09. The van der Waals surface area contributed by atoms with Crippen molar-refractivity contribution >= 4 is 21.4 Å². The fourth-order valence-corrected chi connectivity index (χ4v) is 3.93. The number of nitrogens with two attached hydrogens (primary N) is 1. The quantitative estimate of drug-likeness (QED) is 0.679. The van der Waals surface area contributed by atoms with Gasteiger partial charge < -0.3 is 15.2 Å². The Hall–Kier alpha value is -0.510. The molecule has 19 heavy (non-hydrogen) atoms. The molecule has 1 aromatic rings. The van der Waals surface area contributed by atoms with E-state index < -0.39 is 10.0 Å². The van der Waals surface area contributed by atoms with Crippen LogP contribution in [-0.4, -0.2) is 48.4 Å². The van der Waals surface area contributed by atoms with Crippen LogP contribution in [0.1, 0.15) is 4.88 Å². The number of methoxy groups -OCH3 is 2. The molecule has 1 rings (SSSR count). The van der Waals surface area contributed by atoms with Gasteiger partial charge in [0.25, 0.3) is 0 Å². The number of sulfonamides is 1. The van der Waals surface area contributed by atoms with Crippen molar-refractivity contribution in [1.29, 1.82) is 0 Å². The van der Waals surface area contributed by atoms with Crippen molar-refractivity contribution in [3.63, 3.8) is 0 Å². The van der Waals surface area contributed by atoms with Crippen LogP contribution in [-0.2, 0) is 25.9 Å². The Labute approximate surface area is 118 Å². The molecule has 0 saturated heterocycles. The molecule has 0 spiro atoms. The molecule has 0 radical (unpaired) electrons. The number of hydrogen-bond acceptors (Lipinski definition) is 6. The number of hydrogen-bond donors (Lipinski definition) is 2. The predicted molar refractivity (Wildman–Crippen MR) is 74.9 cm³/mol. The lowest BCUT2D eigenvalue weighted by atomic mass is 10.3. The summed E-state index contributed by atoms with van der Waals surface area (Å²) in [4.78, 5) is 0.961.